The first-order valence-corrected chi connectivity index (χ1v) is 4.20. The van der Waals surface area contributed by atoms with Crippen LogP contribution in [0.3, 0.4) is 0 Å². The summed E-state index contributed by atoms with van der Waals surface area (Å²) in [5.41, 5.74) is 3.54. The molecule has 0 aliphatic rings. The van der Waals surface area contributed by atoms with E-state index in [1.165, 1.54) is 4.90 Å². The third-order valence-electron chi connectivity index (χ3n) is 1.24. The van der Waals surface area contributed by atoms with Crippen LogP contribution >= 0.6 is 11.8 Å². The lowest BCUT2D eigenvalue weighted by Crippen LogP contribution is -2.06. The molecule has 1 aromatic rings. The van der Waals surface area contributed by atoms with Crippen LogP contribution in [0.25, 0.3) is 0 Å². The molecule has 11 heavy (non-hydrogen) atoms. The van der Waals surface area contributed by atoms with Gasteiger partial charge in [0.05, 0.1) is 0 Å². The van der Waals surface area contributed by atoms with Gasteiger partial charge in [-0.15, -0.1) is 11.8 Å². The lowest BCUT2D eigenvalue weighted by atomic mass is 10.3. The molecular weight excluding hydrogens is 168 g/mol. The summed E-state index contributed by atoms with van der Waals surface area (Å²) in [6.45, 7) is 0. The molecule has 2 nitrogen and oxygen atoms in total. The molecule has 0 bridgehead atoms. The summed E-state index contributed by atoms with van der Waals surface area (Å²) in [5.74, 6) is 5.21. The van der Waals surface area contributed by atoms with E-state index in [0.29, 0.717) is 0 Å². The molecule has 1 aromatic carbocycles. The lowest BCUT2D eigenvalue weighted by molar-refractivity contribution is 1.32. The number of rotatable bonds is 2. The van der Waals surface area contributed by atoms with Gasteiger partial charge in [-0.05, 0) is 24.5 Å². The predicted octanol–water partition coefficient (Wildman–Crippen LogP) is 1.31. The minimum absolute atomic E-state index is 0. The molecule has 2 radical (unpaired) electrons. The van der Waals surface area contributed by atoms with Crippen molar-refractivity contribution in [2.75, 3.05) is 11.7 Å². The van der Waals surface area contributed by atoms with Crippen LogP contribution in [-0.4, -0.2) is 29.3 Å². The fourth-order valence-corrected chi connectivity index (χ4v) is 1.17. The van der Waals surface area contributed by atoms with E-state index in [1.54, 1.807) is 11.8 Å². The van der Waals surface area contributed by atoms with Crippen molar-refractivity contribution in [2.24, 2.45) is 5.84 Å². The maximum absolute atomic E-state index is 5.21. The van der Waals surface area contributed by atoms with E-state index in [0.717, 1.165) is 5.69 Å². The molecule has 0 saturated heterocycles. The monoisotopic (exact) mass is 178 g/mol. The molecule has 3 N–H and O–H groups in total. The molecule has 0 aliphatic heterocycles. The zero-order valence-electron chi connectivity index (χ0n) is 6.50. The maximum atomic E-state index is 5.21. The Balaban J connectivity index is 0.000001000. The molecule has 56 valence electrons. The quantitative estimate of drug-likeness (QED) is 0.310. The first-order valence-electron chi connectivity index (χ1n) is 2.97. The highest BCUT2D eigenvalue weighted by Gasteiger charge is 1.89. The van der Waals surface area contributed by atoms with Crippen molar-refractivity contribution >= 4 is 40.5 Å². The summed E-state index contributed by atoms with van der Waals surface area (Å²) in [6.07, 6.45) is 2.04. The zero-order chi connectivity index (χ0) is 7.40. The van der Waals surface area contributed by atoms with Gasteiger partial charge in [-0.3, -0.25) is 5.84 Å². The first-order chi connectivity index (χ1) is 4.86. The van der Waals surface area contributed by atoms with Crippen molar-refractivity contribution < 1.29 is 0 Å². The van der Waals surface area contributed by atoms with Crippen LogP contribution < -0.4 is 11.3 Å². The zero-order valence-corrected chi connectivity index (χ0v) is 8.73. The Morgan fingerprint density at radius 1 is 1.45 bits per heavy atom. The number of hydrogen-bond donors (Lipinski definition) is 2. The Bertz CT molecular complexity index is 198. The third-order valence-corrected chi connectivity index (χ3v) is 1.96. The molecule has 4 heteroatoms. The van der Waals surface area contributed by atoms with Crippen molar-refractivity contribution in [3.05, 3.63) is 24.3 Å². The summed E-state index contributed by atoms with van der Waals surface area (Å²) in [4.78, 5) is 1.22. The molecule has 0 spiro atoms. The van der Waals surface area contributed by atoms with Crippen molar-refractivity contribution in [1.29, 1.82) is 0 Å². The van der Waals surface area contributed by atoms with Gasteiger partial charge in [-0.1, -0.05) is 6.07 Å². The van der Waals surface area contributed by atoms with Crippen LogP contribution in [0.2, 0.25) is 0 Å². The maximum Gasteiger partial charge on any atom is 0.0496 e. The number of nitrogen functional groups attached to an aromatic ring is 1. The van der Waals surface area contributed by atoms with E-state index in [-0.39, 0.29) is 23.1 Å². The van der Waals surface area contributed by atoms with Gasteiger partial charge in [0, 0.05) is 33.6 Å². The molecule has 0 aliphatic carbocycles. The van der Waals surface area contributed by atoms with Gasteiger partial charge >= 0.3 is 0 Å². The third kappa shape index (κ3) is 3.33. The van der Waals surface area contributed by atoms with Gasteiger partial charge in [0.2, 0.25) is 0 Å². The molecule has 0 amide bonds. The molecular formula is C7H10MgN2S. The second-order valence-corrected chi connectivity index (χ2v) is 2.76. The van der Waals surface area contributed by atoms with Crippen LogP contribution in [0, 0.1) is 0 Å². The average Bonchev–Trinajstić information content (AvgIpc) is 2.05. The molecule has 0 atom stereocenters. The Hall–Kier alpha value is 0.0962. The molecule has 0 saturated carbocycles. The highest BCUT2D eigenvalue weighted by Crippen LogP contribution is 2.17. The standard InChI is InChI=1S/C7H10N2S.Mg/c1-10-7-4-2-3-6(5-7)9-8;/h2-5,9H,8H2,1H3;. The van der Waals surface area contributed by atoms with Crippen molar-refractivity contribution in [2.45, 2.75) is 4.90 Å². The van der Waals surface area contributed by atoms with Gasteiger partial charge < -0.3 is 5.43 Å². The normalized spacial score (nSPS) is 8.55. The molecule has 0 unspecified atom stereocenters. The molecule has 0 heterocycles. The fourth-order valence-electron chi connectivity index (χ4n) is 0.713. The Labute approximate surface area is 87.0 Å². The Morgan fingerprint density at radius 2 is 2.18 bits per heavy atom. The smallest absolute Gasteiger partial charge is 0.0496 e. The van der Waals surface area contributed by atoms with Crippen molar-refractivity contribution in [1.82, 2.24) is 0 Å². The number of hydrazine groups is 1. The van der Waals surface area contributed by atoms with E-state index >= 15 is 0 Å². The number of hydrogen-bond acceptors (Lipinski definition) is 3. The van der Waals surface area contributed by atoms with Crippen molar-refractivity contribution in [3.63, 3.8) is 0 Å². The van der Waals surface area contributed by atoms with Gasteiger partial charge in [-0.25, -0.2) is 0 Å². The van der Waals surface area contributed by atoms with E-state index in [1.807, 2.05) is 30.5 Å². The van der Waals surface area contributed by atoms with Crippen LogP contribution in [0.5, 0.6) is 0 Å². The summed E-state index contributed by atoms with van der Waals surface area (Å²) < 4.78 is 0. The van der Waals surface area contributed by atoms with Gasteiger partial charge in [0.1, 0.15) is 0 Å². The molecule has 0 fully saturated rings. The van der Waals surface area contributed by atoms with Crippen molar-refractivity contribution in [3.8, 4) is 0 Å². The van der Waals surface area contributed by atoms with E-state index in [4.69, 9.17) is 5.84 Å². The molecule has 1 rings (SSSR count). The molecule has 0 aromatic heterocycles. The van der Waals surface area contributed by atoms with Crippen LogP contribution in [0.4, 0.5) is 5.69 Å². The highest BCUT2D eigenvalue weighted by molar-refractivity contribution is 7.98. The number of thioether (sulfide) groups is 1. The number of benzene rings is 1. The predicted molar refractivity (Wildman–Crippen MR) is 51.8 cm³/mol. The average molecular weight is 179 g/mol. The summed E-state index contributed by atoms with van der Waals surface area (Å²) in [6, 6.07) is 7.96. The van der Waals surface area contributed by atoms with Gasteiger partial charge in [0.25, 0.3) is 0 Å². The largest absolute Gasteiger partial charge is 0.324 e. The van der Waals surface area contributed by atoms with E-state index in [9.17, 15) is 0 Å². The lowest BCUT2D eigenvalue weighted by Gasteiger charge is -2.00. The van der Waals surface area contributed by atoms with Gasteiger partial charge in [0.15, 0.2) is 0 Å². The topological polar surface area (TPSA) is 38.0 Å². The summed E-state index contributed by atoms with van der Waals surface area (Å²) in [7, 11) is 0. The van der Waals surface area contributed by atoms with Crippen LogP contribution in [0.1, 0.15) is 0 Å². The minimum Gasteiger partial charge on any atom is -0.324 e. The summed E-state index contributed by atoms with van der Waals surface area (Å²) >= 11 is 1.70. The minimum atomic E-state index is 0. The number of nitrogens with one attached hydrogen (secondary N) is 1. The fraction of sp³-hybridized carbons (Fsp3) is 0.143. The van der Waals surface area contributed by atoms with E-state index in [2.05, 4.69) is 5.43 Å². The Morgan fingerprint density at radius 3 is 2.73 bits per heavy atom. The van der Waals surface area contributed by atoms with E-state index < -0.39 is 0 Å². The number of nitrogens with two attached hydrogens (primary N) is 1. The second kappa shape index (κ2) is 5.71. The van der Waals surface area contributed by atoms with Gasteiger partial charge in [-0.2, -0.15) is 0 Å². The highest BCUT2D eigenvalue weighted by atomic mass is 32.2. The summed E-state index contributed by atoms with van der Waals surface area (Å²) in [5, 5.41) is 0. The SMILES string of the molecule is CSc1cccc(NN)c1.[Mg]. The van der Waals surface area contributed by atoms with Crippen LogP contribution in [0.15, 0.2) is 29.2 Å². The first kappa shape index (κ1) is 11.1. The Kier molecular flexibility index (Phi) is 5.76. The second-order valence-electron chi connectivity index (χ2n) is 1.88. The van der Waals surface area contributed by atoms with Crippen LogP contribution in [-0.2, 0) is 0 Å². The number of anilines is 1.